The van der Waals surface area contributed by atoms with Crippen LogP contribution in [0.2, 0.25) is 0 Å². The fourth-order valence-electron chi connectivity index (χ4n) is 10.1. The highest BCUT2D eigenvalue weighted by Gasteiger charge is 2.54. The van der Waals surface area contributed by atoms with Crippen LogP contribution in [-0.2, 0) is 62.3 Å². The van der Waals surface area contributed by atoms with E-state index in [2.05, 4.69) is 63.2 Å². The van der Waals surface area contributed by atoms with E-state index in [1.807, 2.05) is 29.5 Å². The molecule has 4 amide bonds. The highest BCUT2D eigenvalue weighted by molar-refractivity contribution is 7.86. The maximum atomic E-state index is 14.8. The van der Waals surface area contributed by atoms with Crippen LogP contribution in [0.5, 0.6) is 0 Å². The number of fused-ring (bicyclic) bond motifs is 2. The van der Waals surface area contributed by atoms with Crippen LogP contribution >= 0.6 is 11.3 Å². The normalized spacial score (nSPS) is 20.9. The van der Waals surface area contributed by atoms with Crippen LogP contribution in [-0.4, -0.2) is 118 Å². The van der Waals surface area contributed by atoms with Crippen LogP contribution in [0.3, 0.4) is 0 Å². The maximum Gasteiger partial charge on any atom is 0.264 e. The van der Waals surface area contributed by atoms with Crippen molar-refractivity contribution in [3.05, 3.63) is 93.8 Å². The van der Waals surface area contributed by atoms with E-state index in [9.17, 15) is 37.3 Å². The average Bonchev–Trinajstić information content (AvgIpc) is 4.08. The summed E-state index contributed by atoms with van der Waals surface area (Å²) < 4.78 is 43.6. The summed E-state index contributed by atoms with van der Waals surface area (Å²) in [6, 6.07) is 11.7. The van der Waals surface area contributed by atoms with Gasteiger partial charge in [0, 0.05) is 109 Å². The number of rotatable bonds is 12. The van der Waals surface area contributed by atoms with E-state index in [0.29, 0.717) is 81.0 Å². The second kappa shape index (κ2) is 22.8. The quantitative estimate of drug-likeness (QED) is 0.114. The van der Waals surface area contributed by atoms with Gasteiger partial charge in [-0.2, -0.15) is 5.10 Å². The molecule has 10 rings (SSSR count). The third kappa shape index (κ3) is 12.1. The molecule has 16 nitrogen and oxygen atoms in total. The number of alkyl halides is 2. The second-order valence-corrected chi connectivity index (χ2v) is 22.4. The van der Waals surface area contributed by atoms with Crippen molar-refractivity contribution in [1.82, 2.24) is 45.2 Å². The zero-order valence-electron chi connectivity index (χ0n) is 41.5. The van der Waals surface area contributed by atoms with Crippen LogP contribution in [0.1, 0.15) is 105 Å². The van der Waals surface area contributed by atoms with E-state index >= 15 is 0 Å². The molecule has 1 spiro atoms. The largest absolute Gasteiger partial charge is 0.391 e. The Morgan fingerprint density at radius 1 is 0.986 bits per heavy atom. The number of hydrogen-bond acceptors (Lipinski definition) is 12. The lowest BCUT2D eigenvalue weighted by molar-refractivity contribution is -0.132. The second-order valence-electron chi connectivity index (χ2n) is 20.1. The fourth-order valence-corrected chi connectivity index (χ4v) is 12.6. The monoisotopic (exact) mass is 1030 g/mol. The number of likely N-dealkylation sites (tertiary alicyclic amines) is 1. The van der Waals surface area contributed by atoms with E-state index in [-0.39, 0.29) is 54.2 Å². The number of nitrogens with zero attached hydrogens (tertiary/aromatic N) is 8. The molecule has 384 valence electrons. The van der Waals surface area contributed by atoms with E-state index in [4.69, 9.17) is 5.10 Å². The molecule has 2 aromatic carbocycles. The Labute approximate surface area is 425 Å². The Hall–Kier alpha value is -5.99. The first kappa shape index (κ1) is 52.3. The number of anilines is 2. The van der Waals surface area contributed by atoms with Crippen molar-refractivity contribution in [2.45, 2.75) is 111 Å². The molecule has 5 aliphatic rings. The smallest absolute Gasteiger partial charge is 0.264 e. The summed E-state index contributed by atoms with van der Waals surface area (Å²) >= 11 is 1.64. The number of hydrogen-bond donors (Lipinski definition) is 3. The van der Waals surface area contributed by atoms with Gasteiger partial charge in [0.2, 0.25) is 24.1 Å². The molecule has 1 saturated carbocycles. The summed E-state index contributed by atoms with van der Waals surface area (Å²) in [6.07, 6.45) is 4.56. The SMILES string of the molecule is CC(=O)N1CCc2c(c(N3CCCc4cc(-c5cnc(CC(=O)NCC(=O)N6CCC(O)C6)nc5)c(C(F)F)cc43)nn2C2CC3(C2)CS(=O)C3)C1.CC(C)C.Cc1ncsc1-c1ccc(CNC=O)cc1. The first-order chi connectivity index (χ1) is 34.5. The van der Waals surface area contributed by atoms with Gasteiger partial charge in [-0.3, -0.25) is 28.1 Å². The number of thiazole rings is 1. The minimum atomic E-state index is -2.79. The summed E-state index contributed by atoms with van der Waals surface area (Å²) in [7, 11) is -0.731. The highest BCUT2D eigenvalue weighted by Crippen LogP contribution is 2.55. The number of aliphatic hydroxyl groups excluding tert-OH is 1. The minimum Gasteiger partial charge on any atom is -0.391 e. The average molecular weight is 1030 g/mol. The molecule has 5 aromatic rings. The molecule has 0 bridgehead atoms. The van der Waals surface area contributed by atoms with Crippen LogP contribution in [0.15, 0.2) is 54.3 Å². The lowest BCUT2D eigenvalue weighted by atomic mass is 9.67. The third-order valence-corrected chi connectivity index (χ3v) is 16.5. The minimum absolute atomic E-state index is 0.0180. The van der Waals surface area contributed by atoms with Crippen molar-refractivity contribution in [2.24, 2.45) is 11.3 Å². The molecular formula is C52H64F2N10O6S2. The van der Waals surface area contributed by atoms with Crippen LogP contribution in [0.4, 0.5) is 20.3 Å². The molecule has 2 saturated heterocycles. The zero-order valence-corrected chi connectivity index (χ0v) is 43.2. The van der Waals surface area contributed by atoms with E-state index in [0.717, 1.165) is 64.8 Å². The molecule has 1 aliphatic carbocycles. The van der Waals surface area contributed by atoms with E-state index < -0.39 is 29.2 Å². The summed E-state index contributed by atoms with van der Waals surface area (Å²) in [6.45, 7) is 12.7. The van der Waals surface area contributed by atoms with Crippen LogP contribution in [0.25, 0.3) is 21.6 Å². The maximum absolute atomic E-state index is 14.8. The Kier molecular flexibility index (Phi) is 16.6. The van der Waals surface area contributed by atoms with E-state index in [1.165, 1.54) is 27.7 Å². The van der Waals surface area contributed by atoms with Gasteiger partial charge in [-0.05, 0) is 84.7 Å². The standard InChI is InChI=1S/C36H42F2N8O5S.C12H12N2OS.C4H10/c1-21(47)43-8-5-29-28(18-43)35(42-46(29)24-12-36(13-24)19-52(51)20-36)45-6-2-3-22-9-26(27(34(37)38)10-30(22)45)23-14-39-31(40-15-23)11-32(49)41-16-33(50)44-7-4-25(48)17-44;1-9-12(16-8-14-9)11-4-2-10(3-5-11)6-13-7-15;1-4(2)3/h9-10,14-15,24-25,34,48H,2-8,11-13,16-20H2,1H3,(H,41,49);2-5,7-8H,6H2,1H3,(H,13,15);4H,1-3H3. The van der Waals surface area contributed by atoms with Gasteiger partial charge < -0.3 is 30.4 Å². The van der Waals surface area contributed by atoms with Gasteiger partial charge in [-0.25, -0.2) is 23.7 Å². The zero-order chi connectivity index (χ0) is 51.3. The first-order valence-electron chi connectivity index (χ1n) is 24.6. The number of aliphatic hydroxyl groups is 1. The van der Waals surface area contributed by atoms with Crippen molar-refractivity contribution in [3.8, 4) is 21.6 Å². The third-order valence-electron chi connectivity index (χ3n) is 13.6. The topological polar surface area (TPSA) is 196 Å². The number of aromatic nitrogens is 5. The van der Waals surface area contributed by atoms with Gasteiger partial charge in [-0.1, -0.05) is 45.0 Å². The van der Waals surface area contributed by atoms with Crippen molar-refractivity contribution in [1.29, 1.82) is 0 Å². The number of amides is 4. The van der Waals surface area contributed by atoms with Gasteiger partial charge in [-0.15, -0.1) is 11.3 Å². The van der Waals surface area contributed by atoms with Gasteiger partial charge in [0.15, 0.2) is 5.82 Å². The van der Waals surface area contributed by atoms with Crippen LogP contribution in [0, 0.1) is 18.3 Å². The highest BCUT2D eigenvalue weighted by atomic mass is 32.2. The molecule has 1 unspecified atom stereocenters. The predicted molar refractivity (Wildman–Crippen MR) is 273 cm³/mol. The fraction of sp³-hybridized carbons (Fsp3) is 0.500. The number of carbonyl (C=O) groups is 4. The summed E-state index contributed by atoms with van der Waals surface area (Å²) in [5, 5.41) is 20.0. The molecule has 3 fully saturated rings. The predicted octanol–water partition coefficient (Wildman–Crippen LogP) is 6.63. The number of aryl methyl sites for hydroxylation is 2. The summed E-state index contributed by atoms with van der Waals surface area (Å²) in [5.74, 6) is 2.47. The summed E-state index contributed by atoms with van der Waals surface area (Å²) in [4.78, 5) is 66.8. The molecule has 4 aliphatic heterocycles. The van der Waals surface area contributed by atoms with Crippen molar-refractivity contribution < 1.29 is 37.3 Å². The molecule has 0 radical (unpaired) electrons. The molecule has 20 heteroatoms. The van der Waals surface area contributed by atoms with Crippen molar-refractivity contribution in [2.75, 3.05) is 49.1 Å². The van der Waals surface area contributed by atoms with Gasteiger partial charge in [0.25, 0.3) is 6.43 Å². The number of β-amino-alcohol motifs (C(OH)–C–C–N with tert-alkyl or cyclic N) is 1. The number of benzene rings is 2. The Morgan fingerprint density at radius 3 is 2.32 bits per heavy atom. The molecule has 7 heterocycles. The summed E-state index contributed by atoms with van der Waals surface area (Å²) in [5.41, 5.74) is 9.50. The Morgan fingerprint density at radius 2 is 1.71 bits per heavy atom. The lowest BCUT2D eigenvalue weighted by Gasteiger charge is -2.53. The Balaban J connectivity index is 0.000000289. The first-order valence-corrected chi connectivity index (χ1v) is 27.0. The lowest BCUT2D eigenvalue weighted by Crippen LogP contribution is -2.54. The van der Waals surface area contributed by atoms with Crippen molar-refractivity contribution in [3.63, 3.8) is 0 Å². The van der Waals surface area contributed by atoms with Crippen molar-refractivity contribution >= 4 is 57.8 Å². The molecule has 1 atom stereocenters. The molecule has 72 heavy (non-hydrogen) atoms. The van der Waals surface area contributed by atoms with Gasteiger partial charge in [0.1, 0.15) is 5.82 Å². The van der Waals surface area contributed by atoms with Gasteiger partial charge in [0.05, 0.1) is 47.7 Å². The van der Waals surface area contributed by atoms with Crippen LogP contribution < -0.4 is 15.5 Å². The Bertz CT molecular complexity index is 2770. The number of nitrogens with one attached hydrogen (secondary N) is 2. The molecule has 3 N–H and O–H groups in total. The number of carbonyl (C=O) groups excluding carboxylic acids is 4. The molecule has 3 aromatic heterocycles. The number of halogens is 2. The van der Waals surface area contributed by atoms with E-state index in [1.54, 1.807) is 35.3 Å². The van der Waals surface area contributed by atoms with Gasteiger partial charge >= 0.3 is 0 Å². The molecular weight excluding hydrogens is 963 g/mol.